The number of carbonyl (C=O) groups excluding carboxylic acids is 1. The lowest BCUT2D eigenvalue weighted by Crippen LogP contribution is -1.97. The second kappa shape index (κ2) is 7.52. The van der Waals surface area contributed by atoms with Crippen molar-refractivity contribution in [2.75, 3.05) is 0 Å². The maximum absolute atomic E-state index is 10.1. The van der Waals surface area contributed by atoms with E-state index in [1.165, 1.54) is 0 Å². The van der Waals surface area contributed by atoms with Crippen LogP contribution in [0.1, 0.15) is 39.5 Å². The van der Waals surface area contributed by atoms with Gasteiger partial charge in [0.1, 0.15) is 0 Å². The quantitative estimate of drug-likeness (QED) is 0.536. The standard InChI is InChI=1S/C10H17O/c1-3-5-6-7-10(4-2)8-9-11/h5-6,10H,3-4,7-8H2,1-2H3/b6-5-. The summed E-state index contributed by atoms with van der Waals surface area (Å²) in [7, 11) is 0. The molecule has 1 heteroatoms. The zero-order chi connectivity index (χ0) is 8.53. The summed E-state index contributed by atoms with van der Waals surface area (Å²) in [5.41, 5.74) is 0. The Labute approximate surface area is 69.5 Å². The fourth-order valence-electron chi connectivity index (χ4n) is 0.968. The Hall–Kier alpha value is -0.590. The summed E-state index contributed by atoms with van der Waals surface area (Å²) in [6.07, 6.45) is 10.0. The third-order valence-corrected chi connectivity index (χ3v) is 1.82. The van der Waals surface area contributed by atoms with Crippen molar-refractivity contribution >= 4 is 6.29 Å². The van der Waals surface area contributed by atoms with E-state index in [1.807, 2.05) is 6.29 Å². The van der Waals surface area contributed by atoms with Crippen LogP contribution >= 0.6 is 0 Å². The minimum Gasteiger partial charge on any atom is -0.291 e. The molecule has 0 aliphatic rings. The van der Waals surface area contributed by atoms with Crippen molar-refractivity contribution in [3.63, 3.8) is 0 Å². The lowest BCUT2D eigenvalue weighted by atomic mass is 9.99. The van der Waals surface area contributed by atoms with Crippen LogP contribution in [0.4, 0.5) is 0 Å². The van der Waals surface area contributed by atoms with Crippen LogP contribution in [-0.2, 0) is 4.79 Å². The Morgan fingerprint density at radius 2 is 2.09 bits per heavy atom. The summed E-state index contributed by atoms with van der Waals surface area (Å²) in [4.78, 5) is 10.1. The molecule has 1 atom stereocenters. The number of hydrogen-bond donors (Lipinski definition) is 0. The SMILES string of the molecule is CC/C=C\CC(CC)C[C]=O. The van der Waals surface area contributed by atoms with Gasteiger partial charge < -0.3 is 0 Å². The molecule has 0 rings (SSSR count). The molecule has 0 fully saturated rings. The molecule has 0 heterocycles. The van der Waals surface area contributed by atoms with E-state index < -0.39 is 0 Å². The predicted molar refractivity (Wildman–Crippen MR) is 48.1 cm³/mol. The average molecular weight is 153 g/mol. The van der Waals surface area contributed by atoms with Gasteiger partial charge in [-0.15, -0.1) is 0 Å². The minimum absolute atomic E-state index is 0.510. The second-order valence-corrected chi connectivity index (χ2v) is 2.74. The van der Waals surface area contributed by atoms with Gasteiger partial charge in [-0.2, -0.15) is 0 Å². The topological polar surface area (TPSA) is 17.1 Å². The van der Waals surface area contributed by atoms with Crippen molar-refractivity contribution in [1.82, 2.24) is 0 Å². The summed E-state index contributed by atoms with van der Waals surface area (Å²) in [5, 5.41) is 0. The molecule has 63 valence electrons. The van der Waals surface area contributed by atoms with E-state index in [-0.39, 0.29) is 0 Å². The lowest BCUT2D eigenvalue weighted by Gasteiger charge is -2.05. The molecule has 0 N–H and O–H groups in total. The molecule has 0 aromatic rings. The molecule has 0 spiro atoms. The van der Waals surface area contributed by atoms with E-state index in [2.05, 4.69) is 26.0 Å². The Kier molecular flexibility index (Phi) is 7.11. The van der Waals surface area contributed by atoms with E-state index in [1.54, 1.807) is 0 Å². The van der Waals surface area contributed by atoms with Crippen molar-refractivity contribution in [2.24, 2.45) is 5.92 Å². The molecule has 0 aliphatic heterocycles. The third-order valence-electron chi connectivity index (χ3n) is 1.82. The largest absolute Gasteiger partial charge is 0.291 e. The molecule has 1 nitrogen and oxygen atoms in total. The van der Waals surface area contributed by atoms with Crippen LogP contribution in [-0.4, -0.2) is 6.29 Å². The van der Waals surface area contributed by atoms with Crippen LogP contribution in [0.3, 0.4) is 0 Å². The number of hydrogen-bond acceptors (Lipinski definition) is 1. The van der Waals surface area contributed by atoms with Gasteiger partial charge in [-0.25, -0.2) is 0 Å². The summed E-state index contributed by atoms with van der Waals surface area (Å²) in [6, 6.07) is 0. The highest BCUT2D eigenvalue weighted by atomic mass is 16.1. The van der Waals surface area contributed by atoms with Crippen LogP contribution in [0, 0.1) is 5.92 Å². The molecule has 0 saturated heterocycles. The summed E-state index contributed by atoms with van der Waals surface area (Å²) in [6.45, 7) is 4.23. The molecule has 1 unspecified atom stereocenters. The molecular weight excluding hydrogens is 136 g/mol. The Bertz CT molecular complexity index is 116. The highest BCUT2D eigenvalue weighted by Crippen LogP contribution is 2.11. The van der Waals surface area contributed by atoms with Gasteiger partial charge in [0.2, 0.25) is 0 Å². The summed E-state index contributed by atoms with van der Waals surface area (Å²) in [5.74, 6) is 0.510. The van der Waals surface area contributed by atoms with Gasteiger partial charge in [0, 0.05) is 6.42 Å². The monoisotopic (exact) mass is 153 g/mol. The molecular formula is C10H17O. The second-order valence-electron chi connectivity index (χ2n) is 2.74. The van der Waals surface area contributed by atoms with Gasteiger partial charge in [0.05, 0.1) is 0 Å². The van der Waals surface area contributed by atoms with Crippen molar-refractivity contribution in [1.29, 1.82) is 0 Å². The van der Waals surface area contributed by atoms with Crippen LogP contribution in [0.2, 0.25) is 0 Å². The van der Waals surface area contributed by atoms with Crippen LogP contribution in [0.5, 0.6) is 0 Å². The molecule has 0 amide bonds. The molecule has 0 aromatic carbocycles. The van der Waals surface area contributed by atoms with E-state index in [0.29, 0.717) is 12.3 Å². The van der Waals surface area contributed by atoms with Gasteiger partial charge >= 0.3 is 0 Å². The first-order chi connectivity index (χ1) is 5.35. The molecule has 0 aromatic heterocycles. The lowest BCUT2D eigenvalue weighted by molar-refractivity contribution is 0.495. The van der Waals surface area contributed by atoms with Crippen LogP contribution < -0.4 is 0 Å². The fraction of sp³-hybridized carbons (Fsp3) is 0.700. The maximum Gasteiger partial charge on any atom is 0.198 e. The van der Waals surface area contributed by atoms with Gasteiger partial charge in [-0.05, 0) is 18.8 Å². The third kappa shape index (κ3) is 5.84. The smallest absolute Gasteiger partial charge is 0.198 e. The highest BCUT2D eigenvalue weighted by molar-refractivity contribution is 5.50. The van der Waals surface area contributed by atoms with E-state index in [0.717, 1.165) is 19.3 Å². The van der Waals surface area contributed by atoms with Gasteiger partial charge in [-0.3, -0.25) is 4.79 Å². The van der Waals surface area contributed by atoms with Crippen LogP contribution in [0.15, 0.2) is 12.2 Å². The first-order valence-corrected chi connectivity index (χ1v) is 4.35. The normalized spacial score (nSPS) is 13.6. The highest BCUT2D eigenvalue weighted by Gasteiger charge is 2.02. The molecule has 0 saturated carbocycles. The van der Waals surface area contributed by atoms with Gasteiger partial charge in [0.25, 0.3) is 0 Å². The summed E-state index contributed by atoms with van der Waals surface area (Å²) >= 11 is 0. The van der Waals surface area contributed by atoms with Crippen molar-refractivity contribution in [2.45, 2.75) is 39.5 Å². The van der Waals surface area contributed by atoms with Crippen molar-refractivity contribution in [3.05, 3.63) is 12.2 Å². The fourth-order valence-corrected chi connectivity index (χ4v) is 0.968. The van der Waals surface area contributed by atoms with Crippen molar-refractivity contribution in [3.8, 4) is 0 Å². The van der Waals surface area contributed by atoms with E-state index >= 15 is 0 Å². The molecule has 0 aliphatic carbocycles. The molecule has 1 radical (unpaired) electrons. The Morgan fingerprint density at radius 3 is 2.55 bits per heavy atom. The van der Waals surface area contributed by atoms with Gasteiger partial charge in [-0.1, -0.05) is 32.4 Å². The Morgan fingerprint density at radius 1 is 1.36 bits per heavy atom. The average Bonchev–Trinajstić information content (AvgIpc) is 2.03. The van der Waals surface area contributed by atoms with E-state index in [4.69, 9.17) is 0 Å². The summed E-state index contributed by atoms with van der Waals surface area (Å²) < 4.78 is 0. The first kappa shape index (κ1) is 10.4. The maximum atomic E-state index is 10.1. The zero-order valence-corrected chi connectivity index (χ0v) is 7.47. The number of rotatable bonds is 6. The molecule has 11 heavy (non-hydrogen) atoms. The predicted octanol–water partition coefficient (Wildman–Crippen LogP) is 2.87. The minimum atomic E-state index is 0.510. The van der Waals surface area contributed by atoms with Crippen molar-refractivity contribution < 1.29 is 4.79 Å². The first-order valence-electron chi connectivity index (χ1n) is 4.35. The van der Waals surface area contributed by atoms with Gasteiger partial charge in [0.15, 0.2) is 6.29 Å². The van der Waals surface area contributed by atoms with E-state index in [9.17, 15) is 4.79 Å². The Balaban J connectivity index is 3.50. The van der Waals surface area contributed by atoms with Crippen LogP contribution in [0.25, 0.3) is 0 Å². The number of allylic oxidation sites excluding steroid dienone is 2. The molecule has 0 bridgehead atoms. The zero-order valence-electron chi connectivity index (χ0n) is 7.47.